The molecule has 0 saturated heterocycles. The standard InChI is InChI=1S/C30H26N2O5/c1-2-36-27-20-22(18-19-26(27)37-28(33)23-12-6-3-7-13-23)21-31-32-29(34)30(35,24-14-8-4-9-15-24)25-16-10-5-11-17-25/h3-21,35H,2H2,1H3,(H,32,34). The lowest BCUT2D eigenvalue weighted by Gasteiger charge is -2.27. The highest BCUT2D eigenvalue weighted by Crippen LogP contribution is 2.30. The maximum absolute atomic E-state index is 13.2. The van der Waals surface area contributed by atoms with Crippen molar-refractivity contribution < 1.29 is 24.2 Å². The Kier molecular flexibility index (Phi) is 8.08. The molecule has 4 aromatic rings. The number of hydrazone groups is 1. The van der Waals surface area contributed by atoms with Gasteiger partial charge in [0.15, 0.2) is 17.1 Å². The first-order valence-electron chi connectivity index (χ1n) is 11.7. The second kappa shape index (κ2) is 11.8. The van der Waals surface area contributed by atoms with E-state index in [2.05, 4.69) is 10.5 Å². The van der Waals surface area contributed by atoms with Gasteiger partial charge in [0.25, 0.3) is 5.91 Å². The van der Waals surface area contributed by atoms with E-state index in [1.54, 1.807) is 91.0 Å². The first kappa shape index (κ1) is 25.3. The van der Waals surface area contributed by atoms with Crippen molar-refractivity contribution in [2.24, 2.45) is 5.10 Å². The van der Waals surface area contributed by atoms with E-state index < -0.39 is 17.5 Å². The van der Waals surface area contributed by atoms with Gasteiger partial charge in [-0.05, 0) is 53.9 Å². The molecule has 0 atom stereocenters. The summed E-state index contributed by atoms with van der Waals surface area (Å²) < 4.78 is 11.2. The Morgan fingerprint density at radius 3 is 1.97 bits per heavy atom. The topological polar surface area (TPSA) is 97.2 Å². The van der Waals surface area contributed by atoms with Crippen LogP contribution in [0.15, 0.2) is 114 Å². The molecule has 0 radical (unpaired) electrons. The number of aliphatic hydroxyl groups is 1. The molecule has 0 aliphatic carbocycles. The number of hydrogen-bond acceptors (Lipinski definition) is 6. The smallest absolute Gasteiger partial charge is 0.343 e. The highest BCUT2D eigenvalue weighted by Gasteiger charge is 2.39. The summed E-state index contributed by atoms with van der Waals surface area (Å²) >= 11 is 0. The van der Waals surface area contributed by atoms with Crippen LogP contribution in [-0.4, -0.2) is 29.8 Å². The summed E-state index contributed by atoms with van der Waals surface area (Å²) in [7, 11) is 0. The molecule has 0 bridgehead atoms. The van der Waals surface area contributed by atoms with Gasteiger partial charge in [-0.1, -0.05) is 78.9 Å². The molecule has 0 aliphatic heterocycles. The van der Waals surface area contributed by atoms with E-state index in [0.29, 0.717) is 34.6 Å². The molecular weight excluding hydrogens is 468 g/mol. The third kappa shape index (κ3) is 5.91. The zero-order valence-corrected chi connectivity index (χ0v) is 20.2. The normalized spacial score (nSPS) is 11.2. The molecule has 0 spiro atoms. The second-order valence-electron chi connectivity index (χ2n) is 8.04. The molecular formula is C30H26N2O5. The largest absolute Gasteiger partial charge is 0.490 e. The van der Waals surface area contributed by atoms with Crippen molar-refractivity contribution in [1.29, 1.82) is 0 Å². The summed E-state index contributed by atoms with van der Waals surface area (Å²) in [5.41, 5.74) is 2.34. The van der Waals surface area contributed by atoms with Crippen LogP contribution in [0.2, 0.25) is 0 Å². The van der Waals surface area contributed by atoms with Crippen LogP contribution in [0.1, 0.15) is 34.0 Å². The second-order valence-corrected chi connectivity index (χ2v) is 8.04. The van der Waals surface area contributed by atoms with Crippen molar-refractivity contribution in [2.75, 3.05) is 6.61 Å². The average Bonchev–Trinajstić information content (AvgIpc) is 2.95. The first-order chi connectivity index (χ1) is 18.0. The third-order valence-electron chi connectivity index (χ3n) is 5.57. The molecule has 0 aliphatic rings. The predicted octanol–water partition coefficient (Wildman–Crippen LogP) is 4.69. The fourth-order valence-electron chi connectivity index (χ4n) is 3.72. The van der Waals surface area contributed by atoms with Crippen LogP contribution in [0.25, 0.3) is 0 Å². The number of esters is 1. The van der Waals surface area contributed by atoms with Gasteiger partial charge in [0.1, 0.15) is 0 Å². The molecule has 0 fully saturated rings. The van der Waals surface area contributed by atoms with E-state index in [-0.39, 0.29) is 5.75 Å². The van der Waals surface area contributed by atoms with E-state index in [4.69, 9.17) is 9.47 Å². The SMILES string of the molecule is CCOc1cc(C=NNC(=O)C(O)(c2ccccc2)c2ccccc2)ccc1OC(=O)c1ccccc1. The Hall–Kier alpha value is -4.75. The minimum absolute atomic E-state index is 0.263. The summed E-state index contributed by atoms with van der Waals surface area (Å²) in [6, 6.07) is 30.9. The van der Waals surface area contributed by atoms with Crippen molar-refractivity contribution in [3.8, 4) is 11.5 Å². The highest BCUT2D eigenvalue weighted by atomic mass is 16.6. The lowest BCUT2D eigenvalue weighted by Crippen LogP contribution is -2.43. The van der Waals surface area contributed by atoms with Crippen molar-refractivity contribution >= 4 is 18.1 Å². The molecule has 0 aromatic heterocycles. The minimum atomic E-state index is -1.94. The van der Waals surface area contributed by atoms with E-state index in [1.165, 1.54) is 6.21 Å². The monoisotopic (exact) mass is 494 g/mol. The van der Waals surface area contributed by atoms with Gasteiger partial charge in [-0.3, -0.25) is 4.79 Å². The fraction of sp³-hybridized carbons (Fsp3) is 0.100. The Bertz CT molecular complexity index is 1330. The summed E-state index contributed by atoms with van der Waals surface area (Å²) in [4.78, 5) is 25.6. The summed E-state index contributed by atoms with van der Waals surface area (Å²) in [5, 5.41) is 15.5. The molecule has 7 heteroatoms. The average molecular weight is 495 g/mol. The number of rotatable bonds is 9. The Balaban J connectivity index is 1.53. The molecule has 2 N–H and O–H groups in total. The number of carbonyl (C=O) groups is 2. The molecule has 186 valence electrons. The summed E-state index contributed by atoms with van der Waals surface area (Å²) in [6.45, 7) is 2.17. The van der Waals surface area contributed by atoms with Crippen LogP contribution >= 0.6 is 0 Å². The van der Waals surface area contributed by atoms with Gasteiger partial charge in [-0.25, -0.2) is 10.2 Å². The van der Waals surface area contributed by atoms with Gasteiger partial charge in [-0.15, -0.1) is 0 Å². The van der Waals surface area contributed by atoms with Gasteiger partial charge in [-0.2, -0.15) is 5.10 Å². The molecule has 0 saturated carbocycles. The van der Waals surface area contributed by atoms with Gasteiger partial charge < -0.3 is 14.6 Å². The van der Waals surface area contributed by atoms with Crippen LogP contribution in [0, 0.1) is 0 Å². The van der Waals surface area contributed by atoms with Crippen LogP contribution in [0.5, 0.6) is 11.5 Å². The van der Waals surface area contributed by atoms with E-state index in [1.807, 2.05) is 25.1 Å². The van der Waals surface area contributed by atoms with Crippen LogP contribution in [0.3, 0.4) is 0 Å². The molecule has 4 rings (SSSR count). The van der Waals surface area contributed by atoms with Crippen molar-refractivity contribution in [1.82, 2.24) is 5.43 Å². The molecule has 4 aromatic carbocycles. The molecule has 1 amide bonds. The predicted molar refractivity (Wildman–Crippen MR) is 141 cm³/mol. The number of nitrogens with one attached hydrogen (secondary N) is 1. The molecule has 7 nitrogen and oxygen atoms in total. The zero-order chi connectivity index (χ0) is 26.1. The highest BCUT2D eigenvalue weighted by molar-refractivity contribution is 5.92. The van der Waals surface area contributed by atoms with Crippen molar-refractivity contribution in [3.05, 3.63) is 131 Å². The number of carbonyl (C=O) groups excluding carboxylic acids is 2. The quantitative estimate of drug-likeness (QED) is 0.152. The number of benzene rings is 4. The van der Waals surface area contributed by atoms with Crippen LogP contribution < -0.4 is 14.9 Å². The first-order valence-corrected chi connectivity index (χ1v) is 11.7. The Morgan fingerprint density at radius 1 is 0.838 bits per heavy atom. The van der Waals surface area contributed by atoms with E-state index >= 15 is 0 Å². The van der Waals surface area contributed by atoms with Gasteiger partial charge >= 0.3 is 5.97 Å². The lowest BCUT2D eigenvalue weighted by atomic mass is 9.85. The van der Waals surface area contributed by atoms with Crippen LogP contribution in [0.4, 0.5) is 0 Å². The van der Waals surface area contributed by atoms with E-state index in [0.717, 1.165) is 0 Å². The third-order valence-corrected chi connectivity index (χ3v) is 5.57. The minimum Gasteiger partial charge on any atom is -0.490 e. The number of nitrogens with zero attached hydrogens (tertiary/aromatic N) is 1. The summed E-state index contributed by atoms with van der Waals surface area (Å²) in [5.74, 6) is -0.595. The number of ether oxygens (including phenoxy) is 2. The van der Waals surface area contributed by atoms with E-state index in [9.17, 15) is 14.7 Å². The maximum atomic E-state index is 13.2. The summed E-state index contributed by atoms with van der Waals surface area (Å²) in [6.07, 6.45) is 1.42. The van der Waals surface area contributed by atoms with Gasteiger partial charge in [0, 0.05) is 0 Å². The molecule has 0 heterocycles. The number of amides is 1. The maximum Gasteiger partial charge on any atom is 0.343 e. The van der Waals surface area contributed by atoms with Crippen LogP contribution in [-0.2, 0) is 10.4 Å². The zero-order valence-electron chi connectivity index (χ0n) is 20.2. The van der Waals surface area contributed by atoms with Crippen molar-refractivity contribution in [2.45, 2.75) is 12.5 Å². The molecule has 0 unspecified atom stereocenters. The Morgan fingerprint density at radius 2 is 1.41 bits per heavy atom. The lowest BCUT2D eigenvalue weighted by molar-refractivity contribution is -0.136. The van der Waals surface area contributed by atoms with Gasteiger partial charge in [0.2, 0.25) is 0 Å². The van der Waals surface area contributed by atoms with Crippen molar-refractivity contribution in [3.63, 3.8) is 0 Å². The number of hydrogen-bond donors (Lipinski definition) is 2. The molecule has 37 heavy (non-hydrogen) atoms. The Labute approximate surface area is 215 Å². The van der Waals surface area contributed by atoms with Gasteiger partial charge in [0.05, 0.1) is 18.4 Å². The fourth-order valence-corrected chi connectivity index (χ4v) is 3.72.